The lowest BCUT2D eigenvalue weighted by molar-refractivity contribution is -0.151. The van der Waals surface area contributed by atoms with Gasteiger partial charge in [-0.2, -0.15) is 8.42 Å². The number of hydrogen-bond acceptors (Lipinski definition) is 8. The molecule has 1 saturated carbocycles. The summed E-state index contributed by atoms with van der Waals surface area (Å²) in [6.45, 7) is 9.89. The molecular weight excluding hydrogens is 705 g/mol. The number of anilines is 2. The second-order valence-electron chi connectivity index (χ2n) is 16.1. The van der Waals surface area contributed by atoms with Crippen LogP contribution in [-0.2, 0) is 21.2 Å². The van der Waals surface area contributed by atoms with Crippen LogP contribution in [0.4, 0.5) is 10.9 Å². The first-order chi connectivity index (χ1) is 25.3. The number of benzene rings is 2. The number of carboxylic acids is 1. The lowest BCUT2D eigenvalue weighted by Crippen LogP contribution is -2.47. The Morgan fingerprint density at radius 2 is 1.66 bits per heavy atom. The number of thiazole rings is 1. The van der Waals surface area contributed by atoms with Crippen LogP contribution in [0.3, 0.4) is 0 Å². The summed E-state index contributed by atoms with van der Waals surface area (Å²) in [6.07, 6.45) is 10.5. The van der Waals surface area contributed by atoms with Crippen molar-refractivity contribution in [3.63, 3.8) is 0 Å². The molecule has 0 amide bonds. The molecule has 0 spiro atoms. The van der Waals surface area contributed by atoms with Crippen LogP contribution < -0.4 is 14.4 Å². The number of fused-ring (bicyclic) bond motifs is 6. The topological polar surface area (TPSA) is 122 Å². The van der Waals surface area contributed by atoms with Gasteiger partial charge in [-0.15, -0.1) is 0 Å². The maximum Gasteiger partial charge on any atom is 0.311 e. The fraction of sp³-hybridized carbons (Fsp3) is 0.500. The van der Waals surface area contributed by atoms with Crippen molar-refractivity contribution in [2.75, 3.05) is 29.3 Å². The lowest BCUT2D eigenvalue weighted by atomic mass is 9.69. The van der Waals surface area contributed by atoms with Gasteiger partial charge in [-0.25, -0.2) is 9.97 Å². The van der Waals surface area contributed by atoms with E-state index in [9.17, 15) is 18.3 Å². The van der Waals surface area contributed by atoms with Crippen molar-refractivity contribution in [3.8, 4) is 27.4 Å². The Morgan fingerprint density at radius 1 is 0.925 bits per heavy atom. The molecule has 284 valence electrons. The van der Waals surface area contributed by atoms with Crippen LogP contribution in [0.25, 0.3) is 21.7 Å². The number of carboxylic acid groups (broad SMARTS) is 1. The number of rotatable bonds is 8. The Bertz CT molecular complexity index is 1980. The average molecular weight is 759 g/mol. The number of nitrogens with zero attached hydrogens (tertiary/aromatic N) is 3. The van der Waals surface area contributed by atoms with E-state index in [1.165, 1.54) is 17.4 Å². The summed E-state index contributed by atoms with van der Waals surface area (Å²) in [7, 11) is -4.16. The van der Waals surface area contributed by atoms with Gasteiger partial charge in [0.05, 0.1) is 22.6 Å². The normalized spacial score (nSPS) is 18.2. The van der Waals surface area contributed by atoms with E-state index in [1.807, 2.05) is 48.2 Å². The minimum atomic E-state index is -4.16. The van der Waals surface area contributed by atoms with E-state index in [0.29, 0.717) is 19.0 Å². The van der Waals surface area contributed by atoms with Crippen molar-refractivity contribution >= 4 is 38.3 Å². The summed E-state index contributed by atoms with van der Waals surface area (Å²) in [6, 6.07) is 21.2. The largest absolute Gasteiger partial charge is 0.494 e. The average Bonchev–Trinajstić information content (AvgIpc) is 3.55. The molecule has 1 unspecified atom stereocenters. The monoisotopic (exact) mass is 758 g/mol. The minimum Gasteiger partial charge on any atom is -0.494 e. The molecule has 11 heteroatoms. The van der Waals surface area contributed by atoms with Crippen LogP contribution in [0.2, 0.25) is 0 Å². The number of nitrogens with one attached hydrogen (secondary N) is 1. The molecule has 6 rings (SSSR count). The Balaban J connectivity index is 1.37. The molecule has 2 aromatic heterocycles. The van der Waals surface area contributed by atoms with Gasteiger partial charge in [-0.3, -0.25) is 9.52 Å². The van der Waals surface area contributed by atoms with Crippen molar-refractivity contribution in [1.29, 1.82) is 0 Å². The van der Waals surface area contributed by atoms with Gasteiger partial charge in [0, 0.05) is 18.7 Å². The number of aromatic nitrogens is 2. The summed E-state index contributed by atoms with van der Waals surface area (Å²) in [5.74, 6) is 0.463. The van der Waals surface area contributed by atoms with Crippen LogP contribution in [-0.4, -0.2) is 49.2 Å². The molecule has 1 atom stereocenters. The molecule has 1 aliphatic heterocycles. The number of hydrogen-bond donors (Lipinski definition) is 2. The van der Waals surface area contributed by atoms with E-state index >= 15 is 0 Å². The molecule has 4 bridgehead atoms. The molecule has 53 heavy (non-hydrogen) atoms. The minimum absolute atomic E-state index is 0.0514. The standard InChI is InChI=1S/C42H54N4O5S2/c1-41(2,3)25-27-51-33-21-14-18-31(28-33)38-37-34-22-12-11-17-30(34)16-8-5-6-13-26-46(29-42(4,39(47)48)32-19-9-7-10-20-32)35-23-15-24-36(43-35)53(49,50)45-40(44-37)52-38/h11-12,14-15,17-18,21-24,28,32H,5-10,13,16,19-20,25-27,29H2,1-4H3,(H,44,45)(H,47,48). The number of pyridine rings is 1. The van der Waals surface area contributed by atoms with Crippen molar-refractivity contribution < 1.29 is 23.1 Å². The molecule has 2 aliphatic rings. The molecule has 4 aromatic rings. The third kappa shape index (κ3) is 9.59. The first kappa shape index (κ1) is 38.8. The first-order valence-electron chi connectivity index (χ1n) is 19.1. The van der Waals surface area contributed by atoms with Crippen molar-refractivity contribution in [1.82, 2.24) is 9.97 Å². The molecule has 9 nitrogen and oxygen atoms in total. The van der Waals surface area contributed by atoms with Crippen molar-refractivity contribution in [2.24, 2.45) is 16.7 Å². The van der Waals surface area contributed by atoms with Crippen LogP contribution in [0.1, 0.15) is 97.5 Å². The fourth-order valence-electron chi connectivity index (χ4n) is 7.56. The predicted octanol–water partition coefficient (Wildman–Crippen LogP) is 10.1. The van der Waals surface area contributed by atoms with Gasteiger partial charge in [-0.1, -0.05) is 107 Å². The summed E-state index contributed by atoms with van der Waals surface area (Å²) in [5, 5.41) is 10.7. The van der Waals surface area contributed by atoms with Gasteiger partial charge in [-0.05, 0) is 92.2 Å². The molecule has 2 aromatic carbocycles. The maximum atomic E-state index is 14.1. The summed E-state index contributed by atoms with van der Waals surface area (Å²) < 4.78 is 37.1. The van der Waals surface area contributed by atoms with Gasteiger partial charge < -0.3 is 14.7 Å². The van der Waals surface area contributed by atoms with Gasteiger partial charge >= 0.3 is 5.97 Å². The Hall–Kier alpha value is -3.96. The van der Waals surface area contributed by atoms with E-state index in [4.69, 9.17) is 9.72 Å². The van der Waals surface area contributed by atoms with E-state index in [2.05, 4.69) is 42.6 Å². The molecule has 1 aliphatic carbocycles. The van der Waals surface area contributed by atoms with E-state index in [1.54, 1.807) is 12.1 Å². The Labute approximate surface area is 319 Å². The first-order valence-corrected chi connectivity index (χ1v) is 21.4. The zero-order valence-electron chi connectivity index (χ0n) is 31.6. The summed E-state index contributed by atoms with van der Waals surface area (Å²) >= 11 is 1.29. The van der Waals surface area contributed by atoms with Crippen LogP contribution in [0, 0.1) is 16.7 Å². The third-order valence-electron chi connectivity index (χ3n) is 10.8. The zero-order valence-corrected chi connectivity index (χ0v) is 33.2. The Morgan fingerprint density at radius 3 is 2.43 bits per heavy atom. The number of ether oxygens (including phenoxy) is 1. The fourth-order valence-corrected chi connectivity index (χ4v) is 9.74. The molecular formula is C42H54N4O5S2. The smallest absolute Gasteiger partial charge is 0.311 e. The number of aryl methyl sites for hydroxylation is 1. The van der Waals surface area contributed by atoms with Crippen LogP contribution in [0.15, 0.2) is 71.8 Å². The predicted molar refractivity (Wildman–Crippen MR) is 214 cm³/mol. The van der Waals surface area contributed by atoms with Gasteiger partial charge in [0.25, 0.3) is 10.0 Å². The Kier molecular flexibility index (Phi) is 12.1. The number of sulfonamides is 1. The third-order valence-corrected chi connectivity index (χ3v) is 13.2. The maximum absolute atomic E-state index is 14.1. The molecule has 0 radical (unpaired) electrons. The molecule has 2 N–H and O–H groups in total. The molecule has 3 heterocycles. The quantitative estimate of drug-likeness (QED) is 0.182. The second-order valence-corrected chi connectivity index (χ2v) is 18.8. The van der Waals surface area contributed by atoms with Crippen molar-refractivity contribution in [2.45, 2.75) is 103 Å². The lowest BCUT2D eigenvalue weighted by Gasteiger charge is -2.40. The van der Waals surface area contributed by atoms with E-state index in [-0.39, 0.29) is 28.0 Å². The number of aliphatic carboxylic acids is 1. The summed E-state index contributed by atoms with van der Waals surface area (Å²) in [4.78, 5) is 25.4. The number of carbonyl (C=O) groups is 1. The SMILES string of the molecule is CC(C)(C)CCOc1cccc(-c2sc3nc2-c2ccccc2CCCCCCN(CC(C)(C(=O)O)C2CCCCC2)c2cccc(n2)S(=O)(=O)N3)c1. The second kappa shape index (κ2) is 16.6. The van der Waals surface area contributed by atoms with Gasteiger partial charge in [0.1, 0.15) is 11.6 Å². The van der Waals surface area contributed by atoms with E-state index < -0.39 is 21.4 Å². The molecule has 0 saturated heterocycles. The highest BCUT2D eigenvalue weighted by atomic mass is 32.2. The van der Waals surface area contributed by atoms with Gasteiger partial charge in [0.2, 0.25) is 0 Å². The van der Waals surface area contributed by atoms with Crippen LogP contribution in [0.5, 0.6) is 5.75 Å². The molecule has 1 fully saturated rings. The zero-order chi connectivity index (χ0) is 37.6. The highest BCUT2D eigenvalue weighted by molar-refractivity contribution is 7.92. The highest BCUT2D eigenvalue weighted by Gasteiger charge is 2.43. The van der Waals surface area contributed by atoms with Gasteiger partial charge in [0.15, 0.2) is 10.2 Å². The highest BCUT2D eigenvalue weighted by Crippen LogP contribution is 2.43. The summed E-state index contributed by atoms with van der Waals surface area (Å²) in [5.41, 5.74) is 2.93. The van der Waals surface area contributed by atoms with E-state index in [0.717, 1.165) is 104 Å². The van der Waals surface area contributed by atoms with Crippen LogP contribution >= 0.6 is 11.3 Å². The van der Waals surface area contributed by atoms with Crippen molar-refractivity contribution in [3.05, 3.63) is 72.3 Å².